The number of rotatable bonds is 8. The van der Waals surface area contributed by atoms with Gasteiger partial charge in [-0.15, -0.1) is 11.3 Å². The van der Waals surface area contributed by atoms with Crippen molar-refractivity contribution in [3.63, 3.8) is 0 Å². The largest absolute Gasteiger partial charge is 0.396 e. The fourth-order valence-corrected chi connectivity index (χ4v) is 5.49. The van der Waals surface area contributed by atoms with Gasteiger partial charge < -0.3 is 20.5 Å². The Labute approximate surface area is 187 Å². The normalized spacial score (nSPS) is 23.4. The van der Waals surface area contributed by atoms with Crippen LogP contribution in [0.5, 0.6) is 0 Å². The predicted octanol–water partition coefficient (Wildman–Crippen LogP) is 4.33. The smallest absolute Gasteiger partial charge is 0.224 e. The number of nitrogens with zero attached hydrogens (tertiary/aromatic N) is 3. The molecule has 2 heterocycles. The van der Waals surface area contributed by atoms with Gasteiger partial charge in [0, 0.05) is 25.8 Å². The van der Waals surface area contributed by atoms with Crippen molar-refractivity contribution in [2.75, 3.05) is 37.5 Å². The van der Waals surface area contributed by atoms with Crippen LogP contribution in [0.4, 0.5) is 11.8 Å². The van der Waals surface area contributed by atoms with Gasteiger partial charge in [-0.05, 0) is 50.7 Å². The first-order chi connectivity index (χ1) is 14.9. The zero-order chi connectivity index (χ0) is 22.0. The number of ether oxygens (including phenoxy) is 1. The van der Waals surface area contributed by atoms with Crippen molar-refractivity contribution in [2.45, 2.75) is 39.2 Å². The first-order valence-electron chi connectivity index (χ1n) is 10.8. The molecule has 3 atom stereocenters. The maximum atomic E-state index is 9.77. The molecule has 1 aliphatic carbocycles. The van der Waals surface area contributed by atoms with Gasteiger partial charge in [-0.3, -0.25) is 0 Å². The summed E-state index contributed by atoms with van der Waals surface area (Å²) in [7, 11) is 1.68. The minimum atomic E-state index is -0.163. The molecular formula is C23H31N5O2S. The van der Waals surface area contributed by atoms with E-state index in [0.29, 0.717) is 30.9 Å². The van der Waals surface area contributed by atoms with E-state index < -0.39 is 0 Å². The van der Waals surface area contributed by atoms with Crippen molar-refractivity contribution in [3.8, 4) is 10.6 Å². The van der Waals surface area contributed by atoms with E-state index in [-0.39, 0.29) is 12.1 Å². The van der Waals surface area contributed by atoms with E-state index in [9.17, 15) is 5.11 Å². The SMILES string of the molecule is COCCNc1nc(C)c(-c2nc3ccccc3s2)c(NC2(C)CCC(CO)C2C)n1. The van der Waals surface area contributed by atoms with Crippen LogP contribution in [0, 0.1) is 18.8 Å². The Morgan fingerprint density at radius 1 is 1.26 bits per heavy atom. The molecular weight excluding hydrogens is 410 g/mol. The zero-order valence-electron chi connectivity index (χ0n) is 18.6. The van der Waals surface area contributed by atoms with Gasteiger partial charge in [-0.2, -0.15) is 4.98 Å². The monoisotopic (exact) mass is 441 g/mol. The first-order valence-corrected chi connectivity index (χ1v) is 11.6. The third-order valence-electron chi connectivity index (χ3n) is 6.57. The van der Waals surface area contributed by atoms with Crippen LogP contribution in [0.2, 0.25) is 0 Å². The first kappa shape index (κ1) is 21.9. The maximum absolute atomic E-state index is 9.77. The molecule has 2 aromatic heterocycles. The predicted molar refractivity (Wildman–Crippen MR) is 127 cm³/mol. The summed E-state index contributed by atoms with van der Waals surface area (Å²) < 4.78 is 6.29. The molecule has 1 fully saturated rings. The summed E-state index contributed by atoms with van der Waals surface area (Å²) in [4.78, 5) is 14.4. The zero-order valence-corrected chi connectivity index (χ0v) is 19.4. The number of nitrogens with one attached hydrogen (secondary N) is 2. The van der Waals surface area contributed by atoms with E-state index in [0.717, 1.165) is 45.1 Å². The lowest BCUT2D eigenvalue weighted by molar-refractivity contribution is 0.187. The Bertz CT molecular complexity index is 1020. The van der Waals surface area contributed by atoms with Crippen LogP contribution in [0.15, 0.2) is 24.3 Å². The summed E-state index contributed by atoms with van der Waals surface area (Å²) in [6.45, 7) is 7.88. The molecule has 0 amide bonds. The standard InChI is InChI=1S/C23H31N5O2S/c1-14-16(13-29)9-10-23(14,3)28-20-19(15(2)25-22(27-20)24-11-12-30-4)21-26-17-7-5-6-8-18(17)31-21/h5-8,14,16,29H,9-13H2,1-4H3,(H2,24,25,27,28). The molecule has 0 saturated heterocycles. The highest BCUT2D eigenvalue weighted by atomic mass is 32.1. The van der Waals surface area contributed by atoms with Gasteiger partial charge >= 0.3 is 0 Å². The maximum Gasteiger partial charge on any atom is 0.224 e. The molecule has 31 heavy (non-hydrogen) atoms. The van der Waals surface area contributed by atoms with Crippen LogP contribution < -0.4 is 10.6 Å². The Morgan fingerprint density at radius 2 is 2.06 bits per heavy atom. The molecule has 0 spiro atoms. The second-order valence-corrected chi connectivity index (χ2v) is 9.61. The molecule has 1 saturated carbocycles. The average molecular weight is 442 g/mol. The lowest BCUT2D eigenvalue weighted by Gasteiger charge is -2.34. The van der Waals surface area contributed by atoms with E-state index in [2.05, 4.69) is 30.5 Å². The Balaban J connectivity index is 1.76. The third kappa shape index (κ3) is 4.37. The number of thiazole rings is 1. The Kier molecular flexibility index (Phi) is 6.41. The van der Waals surface area contributed by atoms with Gasteiger partial charge in [0.2, 0.25) is 5.95 Å². The van der Waals surface area contributed by atoms with E-state index in [1.165, 1.54) is 0 Å². The number of aliphatic hydroxyl groups excluding tert-OH is 1. The third-order valence-corrected chi connectivity index (χ3v) is 7.63. The van der Waals surface area contributed by atoms with Crippen molar-refractivity contribution in [1.29, 1.82) is 0 Å². The van der Waals surface area contributed by atoms with E-state index in [1.807, 2.05) is 25.1 Å². The van der Waals surface area contributed by atoms with Crippen molar-refractivity contribution >= 4 is 33.3 Å². The van der Waals surface area contributed by atoms with Crippen LogP contribution in [0.3, 0.4) is 0 Å². The molecule has 3 unspecified atom stereocenters. The molecule has 1 aliphatic rings. The lowest BCUT2D eigenvalue weighted by Crippen LogP contribution is -2.40. The van der Waals surface area contributed by atoms with E-state index in [4.69, 9.17) is 19.7 Å². The van der Waals surface area contributed by atoms with E-state index >= 15 is 0 Å². The second kappa shape index (κ2) is 9.06. The van der Waals surface area contributed by atoms with Crippen LogP contribution in [-0.4, -0.2) is 52.5 Å². The summed E-state index contributed by atoms with van der Waals surface area (Å²) in [5, 5.41) is 17.7. The lowest BCUT2D eigenvalue weighted by atomic mass is 9.86. The van der Waals surface area contributed by atoms with Gasteiger partial charge in [-0.25, -0.2) is 9.97 Å². The summed E-state index contributed by atoms with van der Waals surface area (Å²) in [5.74, 6) is 1.99. The number of methoxy groups -OCH3 is 1. The summed E-state index contributed by atoms with van der Waals surface area (Å²) in [6.07, 6.45) is 1.98. The Hall–Kier alpha value is -2.29. The number of aliphatic hydroxyl groups is 1. The molecule has 0 radical (unpaired) electrons. The van der Waals surface area contributed by atoms with Gasteiger partial charge in [0.05, 0.1) is 28.1 Å². The molecule has 0 aliphatic heterocycles. The van der Waals surface area contributed by atoms with Gasteiger partial charge in [0.1, 0.15) is 10.8 Å². The highest BCUT2D eigenvalue weighted by Gasteiger charge is 2.42. The van der Waals surface area contributed by atoms with Crippen LogP contribution in [0.25, 0.3) is 20.8 Å². The van der Waals surface area contributed by atoms with Crippen LogP contribution in [-0.2, 0) is 4.74 Å². The Morgan fingerprint density at radius 3 is 2.77 bits per heavy atom. The van der Waals surface area contributed by atoms with Crippen molar-refractivity contribution in [1.82, 2.24) is 15.0 Å². The molecule has 3 N–H and O–H groups in total. The molecule has 4 rings (SSSR count). The highest BCUT2D eigenvalue weighted by Crippen LogP contribution is 2.44. The molecule has 8 heteroatoms. The van der Waals surface area contributed by atoms with Crippen molar-refractivity contribution in [2.24, 2.45) is 11.8 Å². The summed E-state index contributed by atoms with van der Waals surface area (Å²) in [5.41, 5.74) is 2.64. The number of anilines is 2. The molecule has 7 nitrogen and oxygen atoms in total. The summed E-state index contributed by atoms with van der Waals surface area (Å²) >= 11 is 1.66. The minimum absolute atomic E-state index is 0.163. The number of hydrogen-bond acceptors (Lipinski definition) is 8. The number of benzene rings is 1. The molecule has 1 aromatic carbocycles. The number of fused-ring (bicyclic) bond motifs is 1. The molecule has 3 aromatic rings. The average Bonchev–Trinajstić information content (AvgIpc) is 3.29. The van der Waals surface area contributed by atoms with Gasteiger partial charge in [-0.1, -0.05) is 19.1 Å². The minimum Gasteiger partial charge on any atom is -0.396 e. The fourth-order valence-electron chi connectivity index (χ4n) is 4.42. The van der Waals surface area contributed by atoms with Crippen molar-refractivity contribution in [3.05, 3.63) is 30.0 Å². The van der Waals surface area contributed by atoms with Crippen LogP contribution in [0.1, 0.15) is 32.4 Å². The summed E-state index contributed by atoms with van der Waals surface area (Å²) in [6, 6.07) is 8.16. The van der Waals surface area contributed by atoms with Crippen LogP contribution >= 0.6 is 11.3 Å². The molecule has 0 bridgehead atoms. The number of aryl methyl sites for hydroxylation is 1. The van der Waals surface area contributed by atoms with Gasteiger partial charge in [0.15, 0.2) is 0 Å². The number of hydrogen-bond donors (Lipinski definition) is 3. The number of aromatic nitrogens is 3. The van der Waals surface area contributed by atoms with E-state index in [1.54, 1.807) is 18.4 Å². The topological polar surface area (TPSA) is 92.2 Å². The fraction of sp³-hybridized carbons (Fsp3) is 0.522. The highest BCUT2D eigenvalue weighted by molar-refractivity contribution is 7.21. The quantitative estimate of drug-likeness (QED) is 0.448. The van der Waals surface area contributed by atoms with Gasteiger partial charge in [0.25, 0.3) is 0 Å². The number of para-hydroxylation sites is 1. The van der Waals surface area contributed by atoms with Crippen molar-refractivity contribution < 1.29 is 9.84 Å². The molecule has 166 valence electrons. The second-order valence-electron chi connectivity index (χ2n) is 8.58.